The van der Waals surface area contributed by atoms with Gasteiger partial charge in [-0.25, -0.2) is 15.0 Å². The maximum atomic E-state index is 6.40. The van der Waals surface area contributed by atoms with E-state index in [1.165, 1.54) is 41.5 Å². The molecular formula is C21H25N3O2S. The number of ether oxygens (including phenoxy) is 1. The fourth-order valence-corrected chi connectivity index (χ4v) is 5.94. The number of rotatable bonds is 5. The Morgan fingerprint density at radius 3 is 2.89 bits per heavy atom. The van der Waals surface area contributed by atoms with Gasteiger partial charge in [-0.2, -0.15) is 0 Å². The molecule has 0 spiro atoms. The third kappa shape index (κ3) is 3.24. The Morgan fingerprint density at radius 1 is 1.19 bits per heavy atom. The van der Waals surface area contributed by atoms with Crippen molar-refractivity contribution in [1.29, 1.82) is 0 Å². The fourth-order valence-electron chi connectivity index (χ4n) is 4.71. The minimum absolute atomic E-state index is 0.304. The molecular weight excluding hydrogens is 358 g/mol. The smallest absolute Gasteiger partial charge is 0.225 e. The highest BCUT2D eigenvalue weighted by molar-refractivity contribution is 7.19. The lowest BCUT2D eigenvalue weighted by Crippen LogP contribution is -2.20. The molecule has 0 amide bonds. The van der Waals surface area contributed by atoms with E-state index in [0.29, 0.717) is 17.9 Å². The van der Waals surface area contributed by atoms with Crippen LogP contribution in [0, 0.1) is 0 Å². The molecule has 27 heavy (non-hydrogen) atoms. The molecule has 0 radical (unpaired) electrons. The van der Waals surface area contributed by atoms with Crippen molar-refractivity contribution in [3.8, 4) is 5.88 Å². The molecule has 2 aliphatic carbocycles. The topological polar surface area (TPSA) is 61.0 Å². The molecule has 3 heterocycles. The van der Waals surface area contributed by atoms with Crippen LogP contribution >= 0.6 is 11.3 Å². The molecule has 3 aromatic heterocycles. The average molecular weight is 384 g/mol. The summed E-state index contributed by atoms with van der Waals surface area (Å²) in [5.74, 6) is 2.44. The van der Waals surface area contributed by atoms with Gasteiger partial charge in [0.2, 0.25) is 5.88 Å². The maximum absolute atomic E-state index is 6.40. The van der Waals surface area contributed by atoms with Gasteiger partial charge in [-0.1, -0.05) is 13.3 Å². The molecule has 0 aromatic carbocycles. The van der Waals surface area contributed by atoms with Crippen LogP contribution in [-0.4, -0.2) is 21.1 Å². The van der Waals surface area contributed by atoms with Crippen molar-refractivity contribution in [2.24, 2.45) is 0 Å². The summed E-state index contributed by atoms with van der Waals surface area (Å²) in [4.78, 5) is 16.0. The van der Waals surface area contributed by atoms with Crippen LogP contribution in [-0.2, 0) is 6.42 Å². The molecule has 0 saturated heterocycles. The van der Waals surface area contributed by atoms with Gasteiger partial charge in [0.15, 0.2) is 5.89 Å². The maximum Gasteiger partial charge on any atom is 0.225 e. The molecule has 1 unspecified atom stereocenters. The van der Waals surface area contributed by atoms with Crippen LogP contribution in [0.25, 0.3) is 10.2 Å². The number of hydrogen-bond acceptors (Lipinski definition) is 6. The predicted octanol–water partition coefficient (Wildman–Crippen LogP) is 5.61. The highest BCUT2D eigenvalue weighted by atomic mass is 32.1. The highest BCUT2D eigenvalue weighted by Gasteiger charge is 2.32. The molecule has 6 heteroatoms. The third-order valence-corrected chi connectivity index (χ3v) is 7.21. The van der Waals surface area contributed by atoms with Crippen LogP contribution in [0.4, 0.5) is 0 Å². The van der Waals surface area contributed by atoms with Crippen LogP contribution in [0.2, 0.25) is 0 Å². The lowest BCUT2D eigenvalue weighted by molar-refractivity contribution is 0.150. The first-order chi connectivity index (χ1) is 13.3. The second kappa shape index (κ2) is 7.23. The molecule has 1 fully saturated rings. The van der Waals surface area contributed by atoms with Crippen molar-refractivity contribution in [2.45, 2.75) is 76.2 Å². The van der Waals surface area contributed by atoms with Crippen molar-refractivity contribution in [3.05, 3.63) is 35.1 Å². The van der Waals surface area contributed by atoms with E-state index < -0.39 is 0 Å². The number of thiophene rings is 1. The van der Waals surface area contributed by atoms with Gasteiger partial charge in [0.25, 0.3) is 0 Å². The lowest BCUT2D eigenvalue weighted by Gasteiger charge is -2.23. The first kappa shape index (κ1) is 17.2. The summed E-state index contributed by atoms with van der Waals surface area (Å²) >= 11 is 1.82. The normalized spacial score (nSPS) is 21.4. The SMILES string of the molecule is CC(C[C@H]1CCc2sc3ncnc(OC4CCCCC4)c3c21)c1ncco1. The Hall–Kier alpha value is -1.95. The van der Waals surface area contributed by atoms with E-state index in [0.717, 1.165) is 42.3 Å². The number of aromatic nitrogens is 3. The molecule has 5 nitrogen and oxygen atoms in total. The lowest BCUT2D eigenvalue weighted by atomic mass is 9.90. The van der Waals surface area contributed by atoms with Gasteiger partial charge in [0.1, 0.15) is 23.5 Å². The zero-order valence-electron chi connectivity index (χ0n) is 15.7. The summed E-state index contributed by atoms with van der Waals surface area (Å²) in [7, 11) is 0. The summed E-state index contributed by atoms with van der Waals surface area (Å²) in [6.07, 6.45) is 14.8. The average Bonchev–Trinajstić information content (AvgIpc) is 3.40. The minimum atomic E-state index is 0.304. The van der Waals surface area contributed by atoms with Gasteiger partial charge in [0.05, 0.1) is 11.6 Å². The van der Waals surface area contributed by atoms with Crippen molar-refractivity contribution in [2.75, 3.05) is 0 Å². The van der Waals surface area contributed by atoms with Gasteiger partial charge in [0, 0.05) is 10.8 Å². The van der Waals surface area contributed by atoms with E-state index in [-0.39, 0.29) is 0 Å². The number of nitrogens with zero attached hydrogens (tertiary/aromatic N) is 3. The van der Waals surface area contributed by atoms with E-state index in [1.54, 1.807) is 18.8 Å². The molecule has 5 rings (SSSR count). The van der Waals surface area contributed by atoms with Crippen molar-refractivity contribution in [3.63, 3.8) is 0 Å². The van der Waals surface area contributed by atoms with E-state index >= 15 is 0 Å². The number of aryl methyl sites for hydroxylation is 1. The molecule has 2 atom stereocenters. The Kier molecular flexibility index (Phi) is 4.60. The Balaban J connectivity index is 1.46. The third-order valence-electron chi connectivity index (χ3n) is 6.04. The van der Waals surface area contributed by atoms with Gasteiger partial charge >= 0.3 is 0 Å². The second-order valence-electron chi connectivity index (χ2n) is 7.92. The fraction of sp³-hybridized carbons (Fsp3) is 0.571. The number of fused-ring (bicyclic) bond motifs is 3. The summed E-state index contributed by atoms with van der Waals surface area (Å²) in [5.41, 5.74) is 1.43. The molecule has 0 bridgehead atoms. The summed E-state index contributed by atoms with van der Waals surface area (Å²) < 4.78 is 11.9. The zero-order valence-corrected chi connectivity index (χ0v) is 16.5. The Morgan fingerprint density at radius 2 is 2.07 bits per heavy atom. The summed E-state index contributed by atoms with van der Waals surface area (Å²) in [5, 5.41) is 1.17. The minimum Gasteiger partial charge on any atom is -0.474 e. The van der Waals surface area contributed by atoms with Crippen molar-refractivity contribution < 1.29 is 9.15 Å². The first-order valence-corrected chi connectivity index (χ1v) is 10.9. The highest BCUT2D eigenvalue weighted by Crippen LogP contribution is 2.49. The Bertz CT molecular complexity index is 915. The first-order valence-electron chi connectivity index (χ1n) is 10.1. The second-order valence-corrected chi connectivity index (χ2v) is 9.00. The van der Waals surface area contributed by atoms with Crippen LogP contribution in [0.1, 0.15) is 80.0 Å². The zero-order chi connectivity index (χ0) is 18.2. The van der Waals surface area contributed by atoms with E-state index in [4.69, 9.17) is 9.15 Å². The summed E-state index contributed by atoms with van der Waals surface area (Å²) in [6, 6.07) is 0. The molecule has 0 N–H and O–H groups in total. The molecule has 1 saturated carbocycles. The van der Waals surface area contributed by atoms with Gasteiger partial charge in [-0.15, -0.1) is 11.3 Å². The monoisotopic (exact) mass is 383 g/mol. The van der Waals surface area contributed by atoms with Crippen molar-refractivity contribution in [1.82, 2.24) is 15.0 Å². The number of hydrogen-bond donors (Lipinski definition) is 0. The molecule has 0 aliphatic heterocycles. The van der Waals surface area contributed by atoms with E-state index in [2.05, 4.69) is 21.9 Å². The van der Waals surface area contributed by atoms with Crippen LogP contribution < -0.4 is 4.74 Å². The van der Waals surface area contributed by atoms with Gasteiger partial charge < -0.3 is 9.15 Å². The standard InChI is InChI=1S/C21H25N3O2S/c1-13(19-22-9-10-25-19)11-14-7-8-16-17(14)18-20(23-12-24-21(18)27-16)26-15-5-3-2-4-6-15/h9-10,12-15H,2-8,11H2,1H3/t13?,14-/m1/s1. The molecule has 2 aliphatic rings. The number of oxazole rings is 1. The van der Waals surface area contributed by atoms with Crippen LogP contribution in [0.5, 0.6) is 5.88 Å². The summed E-state index contributed by atoms with van der Waals surface area (Å²) in [6.45, 7) is 2.20. The quantitative estimate of drug-likeness (QED) is 0.573. The van der Waals surface area contributed by atoms with E-state index in [9.17, 15) is 0 Å². The van der Waals surface area contributed by atoms with Crippen LogP contribution in [0.15, 0.2) is 23.2 Å². The van der Waals surface area contributed by atoms with Gasteiger partial charge in [-0.05, 0) is 56.4 Å². The Labute approximate surface area is 163 Å². The van der Waals surface area contributed by atoms with Crippen LogP contribution in [0.3, 0.4) is 0 Å². The van der Waals surface area contributed by atoms with Crippen molar-refractivity contribution >= 4 is 21.6 Å². The largest absolute Gasteiger partial charge is 0.474 e. The predicted molar refractivity (Wildman–Crippen MR) is 106 cm³/mol. The molecule has 3 aromatic rings. The molecule has 142 valence electrons. The van der Waals surface area contributed by atoms with E-state index in [1.807, 2.05) is 11.3 Å². The van der Waals surface area contributed by atoms with Gasteiger partial charge in [-0.3, -0.25) is 0 Å².